The van der Waals surface area contributed by atoms with E-state index in [1.54, 1.807) is 11.8 Å². The van der Waals surface area contributed by atoms with Crippen molar-refractivity contribution in [2.75, 3.05) is 13.7 Å². The summed E-state index contributed by atoms with van der Waals surface area (Å²) in [7, 11) is 1.14. The zero-order chi connectivity index (χ0) is 15.8. The van der Waals surface area contributed by atoms with E-state index >= 15 is 0 Å². The standard InChI is InChI=1S/C14H25BN2O4/c1-10-12(8-17(16-10)7-11(18)9-19-6)15-20-13(2,3)14(4,5)21-15/h8,11,18H,7,9H2,1-6H3/t11-/m1/s1. The Balaban J connectivity index is 2.14. The third kappa shape index (κ3) is 3.31. The first-order chi connectivity index (χ1) is 9.66. The highest BCUT2D eigenvalue weighted by Gasteiger charge is 2.52. The predicted molar refractivity (Wildman–Crippen MR) is 80.6 cm³/mol. The fourth-order valence-electron chi connectivity index (χ4n) is 2.29. The van der Waals surface area contributed by atoms with Crippen LogP contribution in [0.15, 0.2) is 6.20 Å². The molecule has 1 aliphatic heterocycles. The number of aliphatic hydroxyl groups is 1. The topological polar surface area (TPSA) is 65.7 Å². The lowest BCUT2D eigenvalue weighted by Gasteiger charge is -2.32. The first-order valence-corrected chi connectivity index (χ1v) is 7.23. The number of ether oxygens (including phenoxy) is 1. The van der Waals surface area contributed by atoms with Crippen LogP contribution in [0.25, 0.3) is 0 Å². The number of aryl methyl sites for hydroxylation is 1. The van der Waals surface area contributed by atoms with Crippen molar-refractivity contribution in [1.82, 2.24) is 9.78 Å². The second-order valence-corrected chi connectivity index (χ2v) is 6.59. The summed E-state index contributed by atoms with van der Waals surface area (Å²) in [4.78, 5) is 0. The first-order valence-electron chi connectivity index (χ1n) is 7.23. The lowest BCUT2D eigenvalue weighted by atomic mass is 9.79. The third-order valence-corrected chi connectivity index (χ3v) is 4.25. The highest BCUT2D eigenvalue weighted by atomic mass is 16.7. The van der Waals surface area contributed by atoms with Gasteiger partial charge in [-0.25, -0.2) is 0 Å². The van der Waals surface area contributed by atoms with Crippen LogP contribution in [-0.2, 0) is 20.6 Å². The molecule has 0 amide bonds. The van der Waals surface area contributed by atoms with Gasteiger partial charge in [0.05, 0.1) is 36.2 Å². The van der Waals surface area contributed by atoms with E-state index in [0.717, 1.165) is 11.2 Å². The summed E-state index contributed by atoms with van der Waals surface area (Å²) in [6.45, 7) is 10.7. The maximum absolute atomic E-state index is 9.79. The van der Waals surface area contributed by atoms with Gasteiger partial charge in [-0.15, -0.1) is 0 Å². The highest BCUT2D eigenvalue weighted by Crippen LogP contribution is 2.36. The van der Waals surface area contributed by atoms with Crippen LogP contribution in [0.1, 0.15) is 33.4 Å². The van der Waals surface area contributed by atoms with Crippen LogP contribution in [0.4, 0.5) is 0 Å². The lowest BCUT2D eigenvalue weighted by Crippen LogP contribution is -2.41. The minimum Gasteiger partial charge on any atom is -0.399 e. The fraction of sp³-hybridized carbons (Fsp3) is 0.786. The van der Waals surface area contributed by atoms with Crippen molar-refractivity contribution in [2.24, 2.45) is 0 Å². The van der Waals surface area contributed by atoms with Gasteiger partial charge in [0.2, 0.25) is 0 Å². The molecule has 1 atom stereocenters. The van der Waals surface area contributed by atoms with Crippen LogP contribution in [0.3, 0.4) is 0 Å². The second kappa shape index (κ2) is 5.72. The molecule has 1 aromatic heterocycles. The average molecular weight is 296 g/mol. The van der Waals surface area contributed by atoms with Crippen LogP contribution >= 0.6 is 0 Å². The number of nitrogens with zero attached hydrogens (tertiary/aromatic N) is 2. The van der Waals surface area contributed by atoms with Gasteiger partial charge in [-0.1, -0.05) is 0 Å². The van der Waals surface area contributed by atoms with Crippen LogP contribution in [0.2, 0.25) is 0 Å². The number of hydrogen-bond donors (Lipinski definition) is 1. The molecule has 6 nitrogen and oxygen atoms in total. The van der Waals surface area contributed by atoms with Gasteiger partial charge in [-0.2, -0.15) is 5.10 Å². The predicted octanol–water partition coefficient (Wildman–Crippen LogP) is 0.498. The summed E-state index contributed by atoms with van der Waals surface area (Å²) < 4.78 is 18.7. The average Bonchev–Trinajstić information content (AvgIpc) is 2.77. The van der Waals surface area contributed by atoms with E-state index in [2.05, 4.69) is 5.10 Å². The Kier molecular flexibility index (Phi) is 4.49. The Morgan fingerprint density at radius 1 is 1.33 bits per heavy atom. The monoisotopic (exact) mass is 296 g/mol. The molecule has 0 aromatic carbocycles. The van der Waals surface area contributed by atoms with Gasteiger partial charge in [0.25, 0.3) is 0 Å². The van der Waals surface area contributed by atoms with Crippen LogP contribution in [0, 0.1) is 6.92 Å². The highest BCUT2D eigenvalue weighted by molar-refractivity contribution is 6.62. The van der Waals surface area contributed by atoms with Crippen molar-refractivity contribution in [3.63, 3.8) is 0 Å². The van der Waals surface area contributed by atoms with Gasteiger partial charge >= 0.3 is 7.12 Å². The van der Waals surface area contributed by atoms with E-state index in [9.17, 15) is 5.11 Å². The third-order valence-electron chi connectivity index (χ3n) is 4.25. The van der Waals surface area contributed by atoms with E-state index in [1.165, 1.54) is 0 Å². The quantitative estimate of drug-likeness (QED) is 0.802. The number of rotatable bonds is 5. The van der Waals surface area contributed by atoms with Gasteiger partial charge in [0, 0.05) is 18.8 Å². The number of methoxy groups -OCH3 is 1. The van der Waals surface area contributed by atoms with E-state index in [4.69, 9.17) is 14.0 Å². The Labute approximate surface area is 126 Å². The smallest absolute Gasteiger partial charge is 0.399 e. The number of hydrogen-bond acceptors (Lipinski definition) is 5. The summed E-state index contributed by atoms with van der Waals surface area (Å²) in [6.07, 6.45) is 1.29. The molecule has 0 saturated carbocycles. The van der Waals surface area contributed by atoms with E-state index in [0.29, 0.717) is 6.54 Å². The van der Waals surface area contributed by atoms with Crippen molar-refractivity contribution < 1.29 is 19.2 Å². The summed E-state index contributed by atoms with van der Waals surface area (Å²) >= 11 is 0. The summed E-state index contributed by atoms with van der Waals surface area (Å²) in [5.41, 5.74) is 1.00. The molecule has 21 heavy (non-hydrogen) atoms. The number of aliphatic hydroxyl groups excluding tert-OH is 1. The molecule has 2 rings (SSSR count). The van der Waals surface area contributed by atoms with Gasteiger partial charge in [0.15, 0.2) is 0 Å². The number of aromatic nitrogens is 2. The maximum atomic E-state index is 9.79. The minimum atomic E-state index is -0.583. The molecule has 1 aromatic rings. The largest absolute Gasteiger partial charge is 0.498 e. The zero-order valence-electron chi connectivity index (χ0n) is 13.7. The molecule has 0 bridgehead atoms. The van der Waals surface area contributed by atoms with E-state index in [-0.39, 0.29) is 17.8 Å². The van der Waals surface area contributed by atoms with Crippen LogP contribution in [-0.4, -0.2) is 53.0 Å². The Morgan fingerprint density at radius 3 is 2.43 bits per heavy atom. The summed E-state index contributed by atoms with van der Waals surface area (Å²) in [5, 5.41) is 14.2. The Morgan fingerprint density at radius 2 is 1.90 bits per heavy atom. The molecule has 1 fully saturated rings. The normalized spacial score (nSPS) is 21.8. The van der Waals surface area contributed by atoms with Crippen molar-refractivity contribution in [2.45, 2.75) is 58.5 Å². The lowest BCUT2D eigenvalue weighted by molar-refractivity contribution is 0.00578. The van der Waals surface area contributed by atoms with Crippen LogP contribution < -0.4 is 5.46 Å². The van der Waals surface area contributed by atoms with Crippen LogP contribution in [0.5, 0.6) is 0 Å². The molecule has 7 heteroatoms. The molecular formula is C14H25BN2O4. The van der Waals surface area contributed by atoms with Gasteiger partial charge < -0.3 is 19.2 Å². The SMILES string of the molecule is COC[C@H](O)Cn1cc(B2OC(C)(C)C(C)(C)O2)c(C)n1. The molecule has 0 aliphatic carbocycles. The minimum absolute atomic E-state index is 0.282. The molecular weight excluding hydrogens is 271 g/mol. The zero-order valence-corrected chi connectivity index (χ0v) is 13.7. The maximum Gasteiger partial charge on any atom is 0.498 e. The fourth-order valence-corrected chi connectivity index (χ4v) is 2.29. The molecule has 2 heterocycles. The molecule has 0 radical (unpaired) electrons. The van der Waals surface area contributed by atoms with Crippen molar-refractivity contribution in [1.29, 1.82) is 0 Å². The molecule has 1 saturated heterocycles. The van der Waals surface area contributed by atoms with Gasteiger partial charge in [0.1, 0.15) is 0 Å². The first kappa shape index (κ1) is 16.5. The van der Waals surface area contributed by atoms with E-state index < -0.39 is 13.2 Å². The van der Waals surface area contributed by atoms with Gasteiger partial charge in [-0.3, -0.25) is 4.68 Å². The van der Waals surface area contributed by atoms with E-state index in [1.807, 2.05) is 40.8 Å². The second-order valence-electron chi connectivity index (χ2n) is 6.59. The van der Waals surface area contributed by atoms with Crippen molar-refractivity contribution in [3.05, 3.63) is 11.9 Å². The molecule has 0 unspecified atom stereocenters. The van der Waals surface area contributed by atoms with Crippen molar-refractivity contribution >= 4 is 12.6 Å². The van der Waals surface area contributed by atoms with Gasteiger partial charge in [-0.05, 0) is 34.6 Å². The Hall–Kier alpha value is -0.885. The summed E-state index contributed by atoms with van der Waals surface area (Å²) in [6, 6.07) is 0. The molecule has 118 valence electrons. The molecule has 1 N–H and O–H groups in total. The Bertz CT molecular complexity index is 485. The molecule has 0 spiro atoms. The molecule has 1 aliphatic rings. The van der Waals surface area contributed by atoms with Crippen molar-refractivity contribution in [3.8, 4) is 0 Å². The summed E-state index contributed by atoms with van der Waals surface area (Å²) in [5.74, 6) is 0.